The summed E-state index contributed by atoms with van der Waals surface area (Å²) in [6, 6.07) is 14.4. The van der Waals surface area contributed by atoms with Crippen LogP contribution in [-0.2, 0) is 41.7 Å². The summed E-state index contributed by atoms with van der Waals surface area (Å²) in [5.74, 6) is 0.771. The van der Waals surface area contributed by atoms with Crippen LogP contribution in [0.1, 0.15) is 76.5 Å². The van der Waals surface area contributed by atoms with Crippen LogP contribution in [0.3, 0.4) is 0 Å². The molecular formula is C39H59N3O8. The van der Waals surface area contributed by atoms with Crippen molar-refractivity contribution in [3.63, 3.8) is 0 Å². The number of rotatable bonds is 16. The fourth-order valence-electron chi connectivity index (χ4n) is 6.76. The summed E-state index contributed by atoms with van der Waals surface area (Å²) in [7, 11) is 5.03. The first-order chi connectivity index (χ1) is 23.8. The molecule has 1 N–H and O–H groups in total. The third-order valence-electron chi connectivity index (χ3n) is 9.34. The Morgan fingerprint density at radius 2 is 1.66 bits per heavy atom. The van der Waals surface area contributed by atoms with Crippen LogP contribution in [0.15, 0.2) is 42.5 Å². The van der Waals surface area contributed by atoms with Crippen LogP contribution in [0.5, 0.6) is 5.75 Å². The molecule has 2 amide bonds. The quantitative estimate of drug-likeness (QED) is 0.214. The number of likely N-dealkylation sites (tertiary alicyclic amines) is 1. The van der Waals surface area contributed by atoms with E-state index in [0.29, 0.717) is 59.0 Å². The Bertz CT molecular complexity index is 1380. The van der Waals surface area contributed by atoms with Gasteiger partial charge in [0.05, 0.1) is 51.3 Å². The van der Waals surface area contributed by atoms with Gasteiger partial charge in [0.1, 0.15) is 18.0 Å². The molecule has 2 aromatic carbocycles. The average molecular weight is 698 g/mol. The van der Waals surface area contributed by atoms with E-state index in [2.05, 4.69) is 40.5 Å². The van der Waals surface area contributed by atoms with Gasteiger partial charge in [-0.05, 0) is 68.9 Å². The zero-order valence-electron chi connectivity index (χ0n) is 31.4. The van der Waals surface area contributed by atoms with E-state index in [9.17, 15) is 9.59 Å². The van der Waals surface area contributed by atoms with Gasteiger partial charge in [-0.3, -0.25) is 4.79 Å². The number of hydrogen-bond acceptors (Lipinski definition) is 9. The smallest absolute Gasteiger partial charge is 0.410 e. The van der Waals surface area contributed by atoms with E-state index in [0.717, 1.165) is 47.6 Å². The largest absolute Gasteiger partial charge is 0.490 e. The van der Waals surface area contributed by atoms with Gasteiger partial charge in [-0.15, -0.1) is 0 Å². The van der Waals surface area contributed by atoms with Gasteiger partial charge in [-0.2, -0.15) is 0 Å². The van der Waals surface area contributed by atoms with Crippen molar-refractivity contribution in [1.29, 1.82) is 0 Å². The molecule has 0 aliphatic carbocycles. The molecule has 2 aliphatic heterocycles. The van der Waals surface area contributed by atoms with Crippen LogP contribution < -0.4 is 15.0 Å². The summed E-state index contributed by atoms with van der Waals surface area (Å²) in [6.45, 7) is 14.8. The molecule has 0 unspecified atom stereocenters. The van der Waals surface area contributed by atoms with E-state index in [1.807, 2.05) is 46.8 Å². The fourth-order valence-corrected chi connectivity index (χ4v) is 6.76. The van der Waals surface area contributed by atoms with E-state index in [4.69, 9.17) is 28.4 Å². The molecule has 2 aliphatic rings. The number of nitrogens with zero attached hydrogens (tertiary/aromatic N) is 2. The summed E-state index contributed by atoms with van der Waals surface area (Å²) >= 11 is 0. The molecule has 0 saturated carbocycles. The molecule has 11 nitrogen and oxygen atoms in total. The van der Waals surface area contributed by atoms with Gasteiger partial charge >= 0.3 is 6.09 Å². The number of carbonyl (C=O) groups is 2. The number of anilines is 1. The van der Waals surface area contributed by atoms with Crippen molar-refractivity contribution in [3.8, 4) is 5.75 Å². The molecule has 4 rings (SSSR count). The highest BCUT2D eigenvalue weighted by atomic mass is 16.6. The second-order valence-electron chi connectivity index (χ2n) is 14.9. The first-order valence-electron chi connectivity index (χ1n) is 17.8. The number of carbonyl (C=O) groups excluding carboxylic acids is 2. The highest BCUT2D eigenvalue weighted by Crippen LogP contribution is 2.40. The van der Waals surface area contributed by atoms with Crippen LogP contribution in [0.4, 0.5) is 10.5 Å². The second-order valence-corrected chi connectivity index (χ2v) is 14.9. The van der Waals surface area contributed by atoms with Gasteiger partial charge in [0.2, 0.25) is 5.91 Å². The van der Waals surface area contributed by atoms with Gasteiger partial charge < -0.3 is 43.5 Å². The summed E-state index contributed by atoms with van der Waals surface area (Å²) < 4.78 is 34.8. The second kappa shape index (κ2) is 18.2. The predicted octanol–water partition coefficient (Wildman–Crippen LogP) is 5.93. The number of ether oxygens (including phenoxy) is 6. The minimum atomic E-state index is -0.707. The topological polar surface area (TPSA) is 108 Å². The number of fused-ring (bicyclic) bond motifs is 1. The van der Waals surface area contributed by atoms with Crippen LogP contribution >= 0.6 is 0 Å². The lowest BCUT2D eigenvalue weighted by Crippen LogP contribution is -2.55. The van der Waals surface area contributed by atoms with Gasteiger partial charge in [0.25, 0.3) is 0 Å². The molecule has 1 saturated heterocycles. The van der Waals surface area contributed by atoms with Gasteiger partial charge in [-0.1, -0.05) is 44.2 Å². The minimum Gasteiger partial charge on any atom is -0.490 e. The molecule has 1 fully saturated rings. The molecule has 0 spiro atoms. The Morgan fingerprint density at radius 3 is 2.34 bits per heavy atom. The van der Waals surface area contributed by atoms with Crippen LogP contribution in [0.25, 0.3) is 0 Å². The van der Waals surface area contributed by atoms with Crippen molar-refractivity contribution in [2.75, 3.05) is 72.2 Å². The fraction of sp³-hybridized carbons (Fsp3) is 0.641. The minimum absolute atomic E-state index is 0.0332. The van der Waals surface area contributed by atoms with Gasteiger partial charge in [0.15, 0.2) is 0 Å². The highest BCUT2D eigenvalue weighted by Gasteiger charge is 2.44. The highest BCUT2D eigenvalue weighted by molar-refractivity contribution is 5.81. The SMILES string of the molecule is CNC(=O)C(C)(C)C[C@@H]1C[C@H](c2ccc(COCCOC)cc2)[C@@H](OCc2ccc3c(c2)N(CCCOC)CCO3)CN1C(=O)OC(C)(C)C. The first-order valence-corrected chi connectivity index (χ1v) is 17.8. The number of benzene rings is 2. The molecule has 2 aromatic rings. The lowest BCUT2D eigenvalue weighted by molar-refractivity contribution is -0.130. The van der Waals surface area contributed by atoms with E-state index in [1.165, 1.54) is 0 Å². The van der Waals surface area contributed by atoms with Crippen molar-refractivity contribution in [1.82, 2.24) is 10.2 Å². The Morgan fingerprint density at radius 1 is 0.940 bits per heavy atom. The summed E-state index contributed by atoms with van der Waals surface area (Å²) in [6.07, 6.45) is 1.29. The van der Waals surface area contributed by atoms with E-state index in [-0.39, 0.29) is 24.0 Å². The van der Waals surface area contributed by atoms with Crippen molar-refractivity contribution in [2.24, 2.45) is 5.41 Å². The Kier molecular flexibility index (Phi) is 14.4. The molecular weight excluding hydrogens is 638 g/mol. The van der Waals surface area contributed by atoms with E-state index >= 15 is 0 Å². The van der Waals surface area contributed by atoms with Gasteiger partial charge in [-0.25, -0.2) is 4.79 Å². The van der Waals surface area contributed by atoms with Crippen LogP contribution in [0.2, 0.25) is 0 Å². The van der Waals surface area contributed by atoms with Gasteiger partial charge in [0, 0.05) is 51.8 Å². The Hall–Kier alpha value is -3.38. The zero-order chi connectivity index (χ0) is 36.3. The van der Waals surface area contributed by atoms with Crippen molar-refractivity contribution >= 4 is 17.7 Å². The van der Waals surface area contributed by atoms with E-state index < -0.39 is 17.1 Å². The summed E-state index contributed by atoms with van der Waals surface area (Å²) in [5.41, 5.74) is 2.89. The number of nitrogens with one attached hydrogen (secondary N) is 1. The maximum absolute atomic E-state index is 13.8. The maximum Gasteiger partial charge on any atom is 0.410 e. The Labute approximate surface area is 298 Å². The average Bonchev–Trinajstić information content (AvgIpc) is 3.08. The lowest BCUT2D eigenvalue weighted by atomic mass is 9.76. The molecule has 2 heterocycles. The standard InChI is InChI=1S/C39H59N3O8/c1-38(2,3)50-37(44)42-25-35(49-27-29-12-15-34-33(22-29)41(17-19-48-34)16-9-18-45-7)32(23-31(42)24-39(4,5)36(43)40-6)30-13-10-28(11-14-30)26-47-21-20-46-8/h10-15,22,31-32,35H,9,16-21,23-27H2,1-8H3,(H,40,43)/t31-,32+,35-/m0/s1. The van der Waals surface area contributed by atoms with E-state index in [1.54, 1.807) is 26.2 Å². The third-order valence-corrected chi connectivity index (χ3v) is 9.34. The lowest BCUT2D eigenvalue weighted by Gasteiger charge is -2.46. The number of methoxy groups -OCH3 is 2. The number of amides is 2. The van der Waals surface area contributed by atoms with Crippen molar-refractivity contribution in [2.45, 2.75) is 90.8 Å². The molecule has 3 atom stereocenters. The summed E-state index contributed by atoms with van der Waals surface area (Å²) in [5, 5.41) is 2.80. The van der Waals surface area contributed by atoms with Crippen LogP contribution in [-0.4, -0.2) is 102 Å². The monoisotopic (exact) mass is 697 g/mol. The predicted molar refractivity (Wildman–Crippen MR) is 194 cm³/mol. The zero-order valence-corrected chi connectivity index (χ0v) is 31.4. The normalized spacial score (nSPS) is 19.5. The first kappa shape index (κ1) is 39.4. The van der Waals surface area contributed by atoms with Crippen molar-refractivity contribution in [3.05, 3.63) is 59.2 Å². The molecule has 278 valence electrons. The van der Waals surface area contributed by atoms with Crippen molar-refractivity contribution < 1.29 is 38.0 Å². The number of piperidine rings is 1. The summed E-state index contributed by atoms with van der Waals surface area (Å²) in [4.78, 5) is 30.9. The molecule has 0 radical (unpaired) electrons. The molecule has 11 heteroatoms. The number of hydrogen-bond donors (Lipinski definition) is 1. The maximum atomic E-state index is 13.8. The molecule has 0 bridgehead atoms. The van der Waals surface area contributed by atoms with Crippen LogP contribution in [0, 0.1) is 5.41 Å². The Balaban J connectivity index is 1.62. The molecule has 50 heavy (non-hydrogen) atoms. The molecule has 0 aromatic heterocycles. The third kappa shape index (κ3) is 11.1.